The van der Waals surface area contributed by atoms with Crippen molar-refractivity contribution in [2.45, 2.75) is 31.4 Å². The Morgan fingerprint density at radius 2 is 1.89 bits per heavy atom. The molecule has 10 heteroatoms. The Kier molecular flexibility index (Phi) is 6.34. The van der Waals surface area contributed by atoms with E-state index in [9.17, 15) is 18.0 Å². The normalized spacial score (nSPS) is 12.6. The molecule has 0 saturated carbocycles. The van der Waals surface area contributed by atoms with Crippen LogP contribution in [0.3, 0.4) is 0 Å². The van der Waals surface area contributed by atoms with Crippen molar-refractivity contribution in [3.05, 3.63) is 47.3 Å². The Balaban J connectivity index is 1.94. The molecule has 0 bridgehead atoms. The van der Waals surface area contributed by atoms with E-state index in [1.165, 1.54) is 45.3 Å². The summed E-state index contributed by atoms with van der Waals surface area (Å²) in [5.41, 5.74) is 0.889. The lowest BCUT2D eigenvalue weighted by molar-refractivity contribution is -0.147. The van der Waals surface area contributed by atoms with Crippen LogP contribution in [0.4, 0.5) is 0 Å². The number of aromatic nitrogens is 1. The van der Waals surface area contributed by atoms with Crippen LogP contribution in [0.2, 0.25) is 0 Å². The number of hydrogen-bond acceptors (Lipinski definition) is 7. The zero-order valence-corrected chi connectivity index (χ0v) is 16.2. The average Bonchev–Trinajstić information content (AvgIpc) is 3.04. The van der Waals surface area contributed by atoms with Gasteiger partial charge in [-0.2, -0.15) is 0 Å². The van der Waals surface area contributed by atoms with Gasteiger partial charge in [-0.3, -0.25) is 4.79 Å². The van der Waals surface area contributed by atoms with Gasteiger partial charge in [-0.05, 0) is 38.1 Å². The molecule has 0 saturated heterocycles. The standard InChI is InChI=1S/C17H21N3O6S/c1-11-9-14(26-19-11)10-25-17(22)12(2)18-16(21)13-5-7-15(8-6-13)27(23,24)20(3)4/h5-9,12H,10H2,1-4H3,(H,18,21)/t12-/m1/s1. The molecular weight excluding hydrogens is 374 g/mol. The second kappa shape index (κ2) is 8.31. The molecule has 0 fully saturated rings. The molecule has 0 radical (unpaired) electrons. The number of amides is 1. The molecular formula is C17H21N3O6S. The Labute approximate surface area is 157 Å². The molecule has 146 valence electrons. The summed E-state index contributed by atoms with van der Waals surface area (Å²) in [4.78, 5) is 24.3. The first-order chi connectivity index (χ1) is 12.6. The summed E-state index contributed by atoms with van der Waals surface area (Å²) in [5.74, 6) is -0.759. The van der Waals surface area contributed by atoms with Crippen LogP contribution in [0, 0.1) is 6.92 Å². The van der Waals surface area contributed by atoms with Gasteiger partial charge in [0.25, 0.3) is 5.91 Å². The summed E-state index contributed by atoms with van der Waals surface area (Å²) in [6.45, 7) is 3.14. The Hall–Kier alpha value is -2.72. The molecule has 0 unspecified atom stereocenters. The predicted molar refractivity (Wildman–Crippen MR) is 95.3 cm³/mol. The molecule has 1 heterocycles. The highest BCUT2D eigenvalue weighted by Gasteiger charge is 2.20. The first-order valence-electron chi connectivity index (χ1n) is 8.03. The van der Waals surface area contributed by atoms with E-state index in [1.54, 1.807) is 13.0 Å². The number of aryl methyl sites for hydroxylation is 1. The summed E-state index contributed by atoms with van der Waals surface area (Å²) in [6.07, 6.45) is 0. The molecule has 0 spiro atoms. The topological polar surface area (TPSA) is 119 Å². The zero-order chi connectivity index (χ0) is 20.2. The maximum Gasteiger partial charge on any atom is 0.328 e. The molecule has 0 aliphatic heterocycles. The molecule has 2 rings (SSSR count). The number of sulfonamides is 1. The highest BCUT2D eigenvalue weighted by molar-refractivity contribution is 7.89. The van der Waals surface area contributed by atoms with Gasteiger partial charge in [-0.15, -0.1) is 0 Å². The number of hydrogen-bond donors (Lipinski definition) is 1. The summed E-state index contributed by atoms with van der Waals surface area (Å²) in [5, 5.41) is 6.18. The highest BCUT2D eigenvalue weighted by Crippen LogP contribution is 2.14. The molecule has 0 aliphatic rings. The van der Waals surface area contributed by atoms with Crippen molar-refractivity contribution < 1.29 is 27.3 Å². The fourth-order valence-corrected chi connectivity index (χ4v) is 2.98. The minimum Gasteiger partial charge on any atom is -0.456 e. The molecule has 1 N–H and O–H groups in total. The number of esters is 1. The van der Waals surface area contributed by atoms with E-state index in [-0.39, 0.29) is 17.1 Å². The minimum absolute atomic E-state index is 0.0684. The van der Waals surface area contributed by atoms with Crippen molar-refractivity contribution in [2.24, 2.45) is 0 Å². The number of nitrogens with zero attached hydrogens (tertiary/aromatic N) is 2. The molecule has 2 aromatic rings. The molecule has 1 aromatic heterocycles. The summed E-state index contributed by atoms with van der Waals surface area (Å²) < 4.78 is 35.1. The number of nitrogens with one attached hydrogen (secondary N) is 1. The quantitative estimate of drug-likeness (QED) is 0.697. The molecule has 9 nitrogen and oxygen atoms in total. The van der Waals surface area contributed by atoms with E-state index in [0.717, 1.165) is 4.31 Å². The van der Waals surface area contributed by atoms with Gasteiger partial charge in [-0.1, -0.05) is 5.16 Å². The second-order valence-corrected chi connectivity index (χ2v) is 8.20. The first-order valence-corrected chi connectivity index (χ1v) is 9.47. The maximum absolute atomic E-state index is 12.2. The monoisotopic (exact) mass is 395 g/mol. The number of carbonyl (C=O) groups is 2. The lowest BCUT2D eigenvalue weighted by Crippen LogP contribution is -2.39. The van der Waals surface area contributed by atoms with E-state index in [1.807, 2.05) is 0 Å². The lowest BCUT2D eigenvalue weighted by atomic mass is 10.2. The van der Waals surface area contributed by atoms with Crippen LogP contribution in [-0.4, -0.2) is 49.9 Å². The van der Waals surface area contributed by atoms with Gasteiger partial charge in [0.05, 0.1) is 10.6 Å². The van der Waals surface area contributed by atoms with E-state index in [0.29, 0.717) is 11.5 Å². The van der Waals surface area contributed by atoms with Gasteiger partial charge in [0.2, 0.25) is 10.0 Å². The first kappa shape index (κ1) is 20.6. The van der Waals surface area contributed by atoms with Crippen molar-refractivity contribution in [1.82, 2.24) is 14.8 Å². The van der Waals surface area contributed by atoms with Gasteiger partial charge in [0, 0.05) is 25.7 Å². The fraction of sp³-hybridized carbons (Fsp3) is 0.353. The molecule has 0 aliphatic carbocycles. The minimum atomic E-state index is -3.57. The third kappa shape index (κ3) is 5.14. The lowest BCUT2D eigenvalue weighted by Gasteiger charge is -2.14. The van der Waals surface area contributed by atoms with Crippen LogP contribution in [0.1, 0.15) is 28.7 Å². The van der Waals surface area contributed by atoms with Gasteiger partial charge in [0.15, 0.2) is 12.4 Å². The van der Waals surface area contributed by atoms with Crippen molar-refractivity contribution in [1.29, 1.82) is 0 Å². The fourth-order valence-electron chi connectivity index (χ4n) is 2.08. The maximum atomic E-state index is 12.2. The predicted octanol–water partition coefficient (Wildman–Crippen LogP) is 1.10. The number of rotatable bonds is 7. The van der Waals surface area contributed by atoms with Gasteiger partial charge in [0.1, 0.15) is 6.04 Å². The number of benzene rings is 1. The molecule has 1 amide bonds. The van der Waals surface area contributed by atoms with Gasteiger partial charge < -0.3 is 14.6 Å². The van der Waals surface area contributed by atoms with Crippen molar-refractivity contribution in [3.63, 3.8) is 0 Å². The average molecular weight is 395 g/mol. The van der Waals surface area contributed by atoms with Crippen LogP contribution in [0.15, 0.2) is 39.8 Å². The van der Waals surface area contributed by atoms with E-state index < -0.39 is 27.9 Å². The highest BCUT2D eigenvalue weighted by atomic mass is 32.2. The van der Waals surface area contributed by atoms with Gasteiger partial charge in [-0.25, -0.2) is 17.5 Å². The zero-order valence-electron chi connectivity index (χ0n) is 15.4. The van der Waals surface area contributed by atoms with E-state index >= 15 is 0 Å². The second-order valence-electron chi connectivity index (χ2n) is 6.05. The Morgan fingerprint density at radius 3 is 2.41 bits per heavy atom. The van der Waals surface area contributed by atoms with Crippen LogP contribution < -0.4 is 5.32 Å². The molecule has 1 aromatic carbocycles. The van der Waals surface area contributed by atoms with E-state index in [2.05, 4.69) is 10.5 Å². The van der Waals surface area contributed by atoms with Gasteiger partial charge >= 0.3 is 5.97 Å². The van der Waals surface area contributed by atoms with Crippen molar-refractivity contribution in [2.75, 3.05) is 14.1 Å². The van der Waals surface area contributed by atoms with Crippen LogP contribution in [0.25, 0.3) is 0 Å². The van der Waals surface area contributed by atoms with Crippen LogP contribution in [0.5, 0.6) is 0 Å². The van der Waals surface area contributed by atoms with Crippen LogP contribution in [-0.2, 0) is 26.2 Å². The van der Waals surface area contributed by atoms with Crippen molar-refractivity contribution in [3.8, 4) is 0 Å². The van der Waals surface area contributed by atoms with Crippen LogP contribution >= 0.6 is 0 Å². The Bertz CT molecular complexity index is 918. The van der Waals surface area contributed by atoms with E-state index in [4.69, 9.17) is 9.26 Å². The summed E-state index contributed by atoms with van der Waals surface area (Å²) in [6, 6.07) is 6.16. The van der Waals surface area contributed by atoms with Crippen molar-refractivity contribution >= 4 is 21.9 Å². The molecule has 1 atom stereocenters. The largest absolute Gasteiger partial charge is 0.456 e. The molecule has 27 heavy (non-hydrogen) atoms. The third-order valence-corrected chi connectivity index (χ3v) is 5.46. The number of ether oxygens (including phenoxy) is 1. The smallest absolute Gasteiger partial charge is 0.328 e. The summed E-state index contributed by atoms with van der Waals surface area (Å²) in [7, 11) is -0.734. The Morgan fingerprint density at radius 1 is 1.26 bits per heavy atom. The third-order valence-electron chi connectivity index (χ3n) is 3.63. The number of carbonyl (C=O) groups excluding carboxylic acids is 2. The summed E-state index contributed by atoms with van der Waals surface area (Å²) >= 11 is 0. The SMILES string of the molecule is Cc1cc(COC(=O)[C@@H](C)NC(=O)c2ccc(S(=O)(=O)N(C)C)cc2)on1.